The molecule has 0 aliphatic heterocycles. The highest BCUT2D eigenvalue weighted by Gasteiger charge is 2.14. The summed E-state index contributed by atoms with van der Waals surface area (Å²) >= 11 is 3.29. The van der Waals surface area contributed by atoms with Crippen LogP contribution in [0.3, 0.4) is 0 Å². The summed E-state index contributed by atoms with van der Waals surface area (Å²) in [4.78, 5) is 0. The Morgan fingerprint density at radius 3 is 1.71 bits per heavy atom. The monoisotopic (exact) mass is 408 g/mol. The van der Waals surface area contributed by atoms with Gasteiger partial charge in [-0.25, -0.2) is 0 Å². The summed E-state index contributed by atoms with van der Waals surface area (Å²) in [6.45, 7) is 2.08. The molecule has 0 spiro atoms. The van der Waals surface area contributed by atoms with Crippen molar-refractivity contribution in [3.05, 3.63) is 60.2 Å². The number of aryl methyl sites for hydroxylation is 1. The Kier molecular flexibility index (Phi) is 5.50. The lowest BCUT2D eigenvalue weighted by atomic mass is 10.1. The van der Waals surface area contributed by atoms with Crippen molar-refractivity contribution in [3.8, 4) is 22.8 Å². The molecule has 0 N–H and O–H groups in total. The van der Waals surface area contributed by atoms with Gasteiger partial charge in [-0.3, -0.25) is 0 Å². The highest BCUT2D eigenvalue weighted by atomic mass is 32.2. The molecule has 142 valence electrons. The quantitative estimate of drug-likeness (QED) is 0.347. The number of aromatic nitrogens is 6. The SMILES string of the molecule is Cc1ccc(-c2nnc(SCSc3nnc(-c4ccccc4)n3C)n2C)cc1. The minimum absolute atomic E-state index is 0.778. The van der Waals surface area contributed by atoms with Crippen molar-refractivity contribution in [2.45, 2.75) is 17.2 Å². The Morgan fingerprint density at radius 1 is 0.679 bits per heavy atom. The molecule has 8 heteroatoms. The summed E-state index contributed by atoms with van der Waals surface area (Å²) in [5.74, 6) is 1.74. The number of rotatable bonds is 6. The summed E-state index contributed by atoms with van der Waals surface area (Å²) in [7, 11) is 3.99. The third-order valence-electron chi connectivity index (χ3n) is 4.39. The van der Waals surface area contributed by atoms with Crippen molar-refractivity contribution >= 4 is 23.5 Å². The van der Waals surface area contributed by atoms with Crippen molar-refractivity contribution in [1.29, 1.82) is 0 Å². The van der Waals surface area contributed by atoms with E-state index in [1.165, 1.54) is 5.56 Å². The molecule has 0 aliphatic rings. The van der Waals surface area contributed by atoms with E-state index in [9.17, 15) is 0 Å². The molecule has 0 fully saturated rings. The van der Waals surface area contributed by atoms with Gasteiger partial charge in [-0.2, -0.15) is 0 Å². The number of thioether (sulfide) groups is 2. The maximum Gasteiger partial charge on any atom is 0.192 e. The van der Waals surface area contributed by atoms with Crippen LogP contribution in [-0.2, 0) is 14.1 Å². The van der Waals surface area contributed by atoms with Gasteiger partial charge in [0.05, 0.1) is 5.08 Å². The molecule has 0 unspecified atom stereocenters. The van der Waals surface area contributed by atoms with Gasteiger partial charge in [-0.1, -0.05) is 83.7 Å². The molecular weight excluding hydrogens is 388 g/mol. The Bertz CT molecular complexity index is 1070. The molecule has 0 aliphatic carbocycles. The van der Waals surface area contributed by atoms with Crippen LogP contribution in [0.4, 0.5) is 0 Å². The molecule has 2 aromatic carbocycles. The molecule has 0 radical (unpaired) electrons. The molecule has 6 nitrogen and oxygen atoms in total. The Balaban J connectivity index is 1.42. The number of hydrogen-bond donors (Lipinski definition) is 0. The first-order chi connectivity index (χ1) is 13.6. The predicted octanol–water partition coefficient (Wildman–Crippen LogP) is 4.43. The second-order valence-electron chi connectivity index (χ2n) is 6.37. The maximum absolute atomic E-state index is 4.35. The second kappa shape index (κ2) is 8.20. The summed E-state index contributed by atoms with van der Waals surface area (Å²) in [6, 6.07) is 18.4. The van der Waals surface area contributed by atoms with Crippen LogP contribution in [0.15, 0.2) is 64.9 Å². The van der Waals surface area contributed by atoms with Crippen molar-refractivity contribution in [2.75, 3.05) is 5.08 Å². The van der Waals surface area contributed by atoms with Crippen LogP contribution >= 0.6 is 23.5 Å². The molecule has 4 aromatic rings. The summed E-state index contributed by atoms with van der Waals surface area (Å²) in [5.41, 5.74) is 3.37. The normalized spacial score (nSPS) is 11.1. The van der Waals surface area contributed by atoms with Gasteiger partial charge in [0.15, 0.2) is 22.0 Å². The highest BCUT2D eigenvalue weighted by molar-refractivity contribution is 8.15. The highest BCUT2D eigenvalue weighted by Crippen LogP contribution is 2.29. The summed E-state index contributed by atoms with van der Waals surface area (Å²) in [6.07, 6.45) is 0. The lowest BCUT2D eigenvalue weighted by Crippen LogP contribution is -1.96. The maximum atomic E-state index is 4.35. The molecule has 4 rings (SSSR count). The lowest BCUT2D eigenvalue weighted by Gasteiger charge is -2.05. The Morgan fingerprint density at radius 2 is 1.18 bits per heavy atom. The van der Waals surface area contributed by atoms with Crippen molar-refractivity contribution in [3.63, 3.8) is 0 Å². The van der Waals surface area contributed by atoms with Gasteiger partial charge in [-0.05, 0) is 6.92 Å². The molecule has 0 atom stereocenters. The third kappa shape index (κ3) is 3.83. The van der Waals surface area contributed by atoms with E-state index in [0.29, 0.717) is 0 Å². The van der Waals surface area contributed by atoms with Gasteiger partial charge in [0.2, 0.25) is 0 Å². The number of hydrogen-bond acceptors (Lipinski definition) is 6. The van der Waals surface area contributed by atoms with Gasteiger partial charge in [0.25, 0.3) is 0 Å². The topological polar surface area (TPSA) is 61.4 Å². The van der Waals surface area contributed by atoms with Crippen molar-refractivity contribution in [1.82, 2.24) is 29.5 Å². The van der Waals surface area contributed by atoms with E-state index < -0.39 is 0 Å². The van der Waals surface area contributed by atoms with Crippen LogP contribution in [0.1, 0.15) is 5.56 Å². The molecule has 2 heterocycles. The molecule has 0 saturated carbocycles. The van der Waals surface area contributed by atoms with Gasteiger partial charge in [0.1, 0.15) is 0 Å². The van der Waals surface area contributed by atoms with E-state index in [2.05, 4.69) is 51.6 Å². The first kappa shape index (κ1) is 18.8. The Hall–Kier alpha value is -2.58. The second-order valence-corrected chi connectivity index (χ2v) is 8.62. The first-order valence-corrected chi connectivity index (χ1v) is 10.8. The third-order valence-corrected chi connectivity index (χ3v) is 6.56. The smallest absolute Gasteiger partial charge is 0.192 e. The van der Waals surface area contributed by atoms with Crippen LogP contribution in [0.5, 0.6) is 0 Å². The van der Waals surface area contributed by atoms with E-state index in [1.807, 2.05) is 53.6 Å². The average Bonchev–Trinajstić information content (AvgIpc) is 3.26. The van der Waals surface area contributed by atoms with Gasteiger partial charge < -0.3 is 9.13 Å². The average molecular weight is 409 g/mol. The van der Waals surface area contributed by atoms with Crippen LogP contribution < -0.4 is 0 Å². The molecule has 0 saturated heterocycles. The molecule has 2 aromatic heterocycles. The van der Waals surface area contributed by atoms with Crippen molar-refractivity contribution in [2.24, 2.45) is 14.1 Å². The standard InChI is InChI=1S/C20H20N6S2/c1-14-9-11-16(12-10-14)18-22-24-20(26(18)3)28-13-27-19-23-21-17(25(19)2)15-7-5-4-6-8-15/h4-12H,13H2,1-3H3. The predicted molar refractivity (Wildman–Crippen MR) is 114 cm³/mol. The fourth-order valence-corrected chi connectivity index (χ4v) is 4.64. The summed E-state index contributed by atoms with van der Waals surface area (Å²) in [5, 5.41) is 19.9. The number of benzene rings is 2. The van der Waals surface area contributed by atoms with E-state index >= 15 is 0 Å². The summed E-state index contributed by atoms with van der Waals surface area (Å²) < 4.78 is 4.05. The Labute approximate surface area is 172 Å². The van der Waals surface area contributed by atoms with Crippen LogP contribution in [0.25, 0.3) is 22.8 Å². The fraction of sp³-hybridized carbons (Fsp3) is 0.200. The van der Waals surface area contributed by atoms with Crippen LogP contribution in [0, 0.1) is 6.92 Å². The zero-order valence-corrected chi connectivity index (χ0v) is 17.5. The molecule has 0 bridgehead atoms. The molecular formula is C20H20N6S2. The lowest BCUT2D eigenvalue weighted by molar-refractivity contribution is 0.792. The van der Waals surface area contributed by atoms with E-state index in [1.54, 1.807) is 23.5 Å². The fourth-order valence-electron chi connectivity index (χ4n) is 2.81. The van der Waals surface area contributed by atoms with Gasteiger partial charge >= 0.3 is 0 Å². The zero-order valence-electron chi connectivity index (χ0n) is 15.9. The largest absolute Gasteiger partial charge is 0.305 e. The first-order valence-electron chi connectivity index (χ1n) is 8.80. The minimum atomic E-state index is 0.778. The molecule has 28 heavy (non-hydrogen) atoms. The van der Waals surface area contributed by atoms with Gasteiger partial charge in [-0.15, -0.1) is 20.4 Å². The zero-order chi connectivity index (χ0) is 19.5. The molecule has 0 amide bonds. The van der Waals surface area contributed by atoms with E-state index in [4.69, 9.17) is 0 Å². The van der Waals surface area contributed by atoms with Gasteiger partial charge in [0, 0.05) is 25.2 Å². The minimum Gasteiger partial charge on any atom is -0.305 e. The van der Waals surface area contributed by atoms with Crippen LogP contribution in [0.2, 0.25) is 0 Å². The van der Waals surface area contributed by atoms with E-state index in [0.717, 1.165) is 38.2 Å². The van der Waals surface area contributed by atoms with E-state index in [-0.39, 0.29) is 0 Å². The van der Waals surface area contributed by atoms with Crippen LogP contribution in [-0.4, -0.2) is 34.6 Å². The van der Waals surface area contributed by atoms with Crippen molar-refractivity contribution < 1.29 is 0 Å². The number of nitrogens with zero attached hydrogens (tertiary/aromatic N) is 6.